The van der Waals surface area contributed by atoms with Crippen LogP contribution in [0.15, 0.2) is 18.2 Å². The molecular weight excluding hydrogens is 285 g/mol. The van der Waals surface area contributed by atoms with Gasteiger partial charge in [-0.1, -0.05) is 17.7 Å². The molecule has 1 amide bonds. The van der Waals surface area contributed by atoms with Crippen molar-refractivity contribution in [3.63, 3.8) is 0 Å². The van der Waals surface area contributed by atoms with Gasteiger partial charge in [0, 0.05) is 17.1 Å². The molecule has 0 aliphatic carbocycles. The molecular formula is C14H17ClFNO3. The Kier molecular flexibility index (Phi) is 5.11. The maximum atomic E-state index is 14.0. The molecule has 0 aromatic heterocycles. The molecule has 0 radical (unpaired) electrons. The highest BCUT2D eigenvalue weighted by Gasteiger charge is 2.36. The number of amides is 1. The lowest BCUT2D eigenvalue weighted by atomic mass is 9.82. The van der Waals surface area contributed by atoms with E-state index in [0.717, 1.165) is 6.07 Å². The number of likely N-dealkylation sites (N-methyl/N-ethyl adjacent to an activating group) is 1. The van der Waals surface area contributed by atoms with Crippen LogP contribution in [0.3, 0.4) is 0 Å². The van der Waals surface area contributed by atoms with Gasteiger partial charge < -0.3 is 10.0 Å². The molecule has 1 aromatic rings. The van der Waals surface area contributed by atoms with Gasteiger partial charge in [0.25, 0.3) is 0 Å². The van der Waals surface area contributed by atoms with Crippen LogP contribution in [0.2, 0.25) is 5.02 Å². The Morgan fingerprint density at radius 2 is 2.00 bits per heavy atom. The molecule has 110 valence electrons. The second-order valence-electron chi connectivity index (χ2n) is 4.96. The maximum absolute atomic E-state index is 14.0. The summed E-state index contributed by atoms with van der Waals surface area (Å²) in [5.74, 6) is -2.13. The fourth-order valence-electron chi connectivity index (χ4n) is 2.00. The summed E-state index contributed by atoms with van der Waals surface area (Å²) < 4.78 is 14.0. The molecule has 0 atom stereocenters. The van der Waals surface area contributed by atoms with Crippen LogP contribution in [0.5, 0.6) is 0 Å². The normalized spacial score (nSPS) is 11.2. The summed E-state index contributed by atoms with van der Waals surface area (Å²) in [6.45, 7) is 4.63. The van der Waals surface area contributed by atoms with E-state index in [0.29, 0.717) is 0 Å². The van der Waals surface area contributed by atoms with Crippen molar-refractivity contribution in [2.24, 2.45) is 0 Å². The van der Waals surface area contributed by atoms with E-state index in [4.69, 9.17) is 16.7 Å². The topological polar surface area (TPSA) is 57.6 Å². The number of halogens is 2. The third kappa shape index (κ3) is 3.48. The maximum Gasteiger partial charge on any atom is 0.323 e. The summed E-state index contributed by atoms with van der Waals surface area (Å²) in [4.78, 5) is 24.4. The van der Waals surface area contributed by atoms with Crippen LogP contribution in [-0.2, 0) is 15.0 Å². The molecule has 4 nitrogen and oxygen atoms in total. The number of carbonyl (C=O) groups excluding carboxylic acids is 1. The Hall–Kier alpha value is -1.62. The summed E-state index contributed by atoms with van der Waals surface area (Å²) in [6, 6.07) is 4.09. The average Bonchev–Trinajstić information content (AvgIpc) is 2.34. The Morgan fingerprint density at radius 3 is 2.45 bits per heavy atom. The second-order valence-corrected chi connectivity index (χ2v) is 5.40. The number of carboxylic acids is 1. The van der Waals surface area contributed by atoms with Crippen molar-refractivity contribution in [2.75, 3.05) is 13.1 Å². The van der Waals surface area contributed by atoms with E-state index in [1.807, 2.05) is 0 Å². The molecule has 0 bridgehead atoms. The van der Waals surface area contributed by atoms with Crippen molar-refractivity contribution in [1.29, 1.82) is 0 Å². The monoisotopic (exact) mass is 301 g/mol. The smallest absolute Gasteiger partial charge is 0.323 e. The van der Waals surface area contributed by atoms with Gasteiger partial charge in [-0.25, -0.2) is 4.39 Å². The minimum Gasteiger partial charge on any atom is -0.480 e. The molecule has 0 unspecified atom stereocenters. The Bertz CT molecular complexity index is 531. The Balaban J connectivity index is 3.13. The summed E-state index contributed by atoms with van der Waals surface area (Å²) >= 11 is 5.69. The zero-order chi connectivity index (χ0) is 15.5. The van der Waals surface area contributed by atoms with Crippen LogP contribution in [0.1, 0.15) is 26.3 Å². The van der Waals surface area contributed by atoms with Crippen molar-refractivity contribution < 1.29 is 19.1 Å². The number of rotatable bonds is 5. The van der Waals surface area contributed by atoms with Gasteiger partial charge in [-0.05, 0) is 32.9 Å². The quantitative estimate of drug-likeness (QED) is 0.909. The highest BCUT2D eigenvalue weighted by atomic mass is 35.5. The SMILES string of the molecule is CCN(CC(=O)O)C(=O)C(C)(C)c1ccc(Cl)cc1F. The number of benzene rings is 1. The van der Waals surface area contributed by atoms with Crippen molar-refractivity contribution in [3.8, 4) is 0 Å². The molecule has 1 N–H and O–H groups in total. The number of hydrogen-bond acceptors (Lipinski definition) is 2. The minimum absolute atomic E-state index is 0.190. The standard InChI is InChI=1S/C14H17ClFNO3/c1-4-17(8-12(18)19)13(20)14(2,3)10-6-5-9(15)7-11(10)16/h5-7H,4,8H2,1-3H3,(H,18,19). The van der Waals surface area contributed by atoms with Crippen molar-refractivity contribution >= 4 is 23.5 Å². The predicted octanol–water partition coefficient (Wildman–Crippen LogP) is 2.69. The van der Waals surface area contributed by atoms with Gasteiger partial charge in [-0.3, -0.25) is 9.59 Å². The fourth-order valence-corrected chi connectivity index (χ4v) is 2.16. The van der Waals surface area contributed by atoms with E-state index >= 15 is 0 Å². The van der Waals surface area contributed by atoms with Gasteiger partial charge >= 0.3 is 5.97 Å². The number of nitrogens with zero attached hydrogens (tertiary/aromatic N) is 1. The lowest BCUT2D eigenvalue weighted by molar-refractivity contribution is -0.146. The van der Waals surface area contributed by atoms with Gasteiger partial charge in [0.2, 0.25) is 5.91 Å². The summed E-state index contributed by atoms with van der Waals surface area (Å²) in [7, 11) is 0. The first-order valence-electron chi connectivity index (χ1n) is 6.16. The zero-order valence-electron chi connectivity index (χ0n) is 11.6. The van der Waals surface area contributed by atoms with Crippen LogP contribution in [0.25, 0.3) is 0 Å². The molecule has 0 spiro atoms. The summed E-state index contributed by atoms with van der Waals surface area (Å²) in [5.41, 5.74) is -0.976. The molecule has 0 saturated carbocycles. The molecule has 0 aliphatic heterocycles. The average molecular weight is 302 g/mol. The third-order valence-corrected chi connectivity index (χ3v) is 3.37. The molecule has 1 aromatic carbocycles. The van der Waals surface area contributed by atoms with E-state index in [1.165, 1.54) is 17.0 Å². The molecule has 1 rings (SSSR count). The second kappa shape index (κ2) is 6.22. The van der Waals surface area contributed by atoms with Crippen molar-refractivity contribution in [2.45, 2.75) is 26.2 Å². The van der Waals surface area contributed by atoms with Crippen molar-refractivity contribution in [3.05, 3.63) is 34.6 Å². The summed E-state index contributed by atoms with van der Waals surface area (Å²) in [6.07, 6.45) is 0. The molecule has 0 heterocycles. The van der Waals surface area contributed by atoms with E-state index in [9.17, 15) is 14.0 Å². The molecule has 20 heavy (non-hydrogen) atoms. The number of carbonyl (C=O) groups is 2. The van der Waals surface area contributed by atoms with Gasteiger partial charge in [-0.2, -0.15) is 0 Å². The molecule has 0 fully saturated rings. The number of hydrogen-bond donors (Lipinski definition) is 1. The number of aliphatic carboxylic acids is 1. The summed E-state index contributed by atoms with van der Waals surface area (Å²) in [5, 5.41) is 9.05. The zero-order valence-corrected chi connectivity index (χ0v) is 12.4. The van der Waals surface area contributed by atoms with E-state index in [1.54, 1.807) is 20.8 Å². The van der Waals surface area contributed by atoms with Gasteiger partial charge in [0.1, 0.15) is 12.4 Å². The fraction of sp³-hybridized carbons (Fsp3) is 0.429. The van der Waals surface area contributed by atoms with Gasteiger partial charge in [0.05, 0.1) is 5.41 Å². The third-order valence-electron chi connectivity index (χ3n) is 3.13. The predicted molar refractivity (Wildman–Crippen MR) is 74.3 cm³/mol. The largest absolute Gasteiger partial charge is 0.480 e. The van der Waals surface area contributed by atoms with Gasteiger partial charge in [0.15, 0.2) is 0 Å². The molecule has 6 heteroatoms. The van der Waals surface area contributed by atoms with E-state index < -0.39 is 29.7 Å². The number of carboxylic acid groups (broad SMARTS) is 1. The first-order chi connectivity index (χ1) is 9.20. The Morgan fingerprint density at radius 1 is 1.40 bits per heavy atom. The highest BCUT2D eigenvalue weighted by Crippen LogP contribution is 2.29. The minimum atomic E-state index is -1.17. The lowest BCUT2D eigenvalue weighted by Gasteiger charge is -2.31. The van der Waals surface area contributed by atoms with E-state index in [-0.39, 0.29) is 17.1 Å². The van der Waals surface area contributed by atoms with Crippen LogP contribution in [-0.4, -0.2) is 35.0 Å². The van der Waals surface area contributed by atoms with Crippen molar-refractivity contribution in [1.82, 2.24) is 4.90 Å². The van der Waals surface area contributed by atoms with Crippen LogP contribution in [0.4, 0.5) is 4.39 Å². The molecule has 0 saturated heterocycles. The lowest BCUT2D eigenvalue weighted by Crippen LogP contribution is -2.46. The first kappa shape index (κ1) is 16.4. The first-order valence-corrected chi connectivity index (χ1v) is 6.54. The van der Waals surface area contributed by atoms with Crippen LogP contribution >= 0.6 is 11.6 Å². The van der Waals surface area contributed by atoms with Crippen LogP contribution in [0, 0.1) is 5.82 Å². The molecule has 0 aliphatic rings. The van der Waals surface area contributed by atoms with Crippen LogP contribution < -0.4 is 0 Å². The Labute approximate surface area is 122 Å². The highest BCUT2D eigenvalue weighted by molar-refractivity contribution is 6.30. The van der Waals surface area contributed by atoms with Gasteiger partial charge in [-0.15, -0.1) is 0 Å². The van der Waals surface area contributed by atoms with E-state index in [2.05, 4.69) is 0 Å².